The molecule has 0 amide bonds. The van der Waals surface area contributed by atoms with Crippen molar-refractivity contribution in [2.45, 2.75) is 6.61 Å². The molecule has 3 N–H and O–H groups in total. The first-order chi connectivity index (χ1) is 9.47. The van der Waals surface area contributed by atoms with Crippen molar-refractivity contribution in [2.75, 3.05) is 11.1 Å². The van der Waals surface area contributed by atoms with Crippen molar-refractivity contribution in [3.8, 4) is 5.75 Å². The third-order valence-corrected chi connectivity index (χ3v) is 2.48. The minimum absolute atomic E-state index is 0.0248. The highest BCUT2D eigenvalue weighted by atomic mass is 19.3. The molecule has 2 aromatic carbocycles. The summed E-state index contributed by atoms with van der Waals surface area (Å²) < 4.78 is 54.8. The molecule has 7 heteroatoms. The Morgan fingerprint density at radius 3 is 2.25 bits per heavy atom. The maximum absolute atomic E-state index is 13.6. The Morgan fingerprint density at radius 2 is 1.65 bits per heavy atom. The number of nitrogens with one attached hydrogen (secondary N) is 1. The highest BCUT2D eigenvalue weighted by molar-refractivity contribution is 5.73. The zero-order valence-corrected chi connectivity index (χ0v) is 10.0. The quantitative estimate of drug-likeness (QED) is 0.662. The summed E-state index contributed by atoms with van der Waals surface area (Å²) in [7, 11) is 0. The second kappa shape index (κ2) is 5.68. The second-order valence-electron chi connectivity index (χ2n) is 3.85. The summed E-state index contributed by atoms with van der Waals surface area (Å²) in [5, 5.41) is 2.58. The van der Waals surface area contributed by atoms with Crippen LogP contribution in [-0.2, 0) is 0 Å². The Labute approximate surface area is 112 Å². The Morgan fingerprint density at radius 1 is 1.00 bits per heavy atom. The number of nitrogen functional groups attached to an aromatic ring is 1. The third-order valence-electron chi connectivity index (χ3n) is 2.48. The molecule has 0 aliphatic heterocycles. The Bertz CT molecular complexity index is 602. The van der Waals surface area contributed by atoms with Gasteiger partial charge in [-0.15, -0.1) is 0 Å². The molecular weight excluding hydrogens is 276 g/mol. The van der Waals surface area contributed by atoms with E-state index in [4.69, 9.17) is 5.73 Å². The van der Waals surface area contributed by atoms with Gasteiger partial charge in [0.15, 0.2) is 11.6 Å². The highest BCUT2D eigenvalue weighted by Crippen LogP contribution is 2.29. The number of alkyl halides is 2. The van der Waals surface area contributed by atoms with E-state index in [9.17, 15) is 17.6 Å². The van der Waals surface area contributed by atoms with E-state index >= 15 is 0 Å². The van der Waals surface area contributed by atoms with E-state index in [0.29, 0.717) is 5.69 Å². The van der Waals surface area contributed by atoms with Gasteiger partial charge in [-0.25, -0.2) is 8.78 Å². The smallest absolute Gasteiger partial charge is 0.387 e. The third kappa shape index (κ3) is 3.11. The molecule has 20 heavy (non-hydrogen) atoms. The lowest BCUT2D eigenvalue weighted by molar-refractivity contribution is -0.0498. The fourth-order valence-corrected chi connectivity index (χ4v) is 1.56. The van der Waals surface area contributed by atoms with Gasteiger partial charge in [0.25, 0.3) is 0 Å². The van der Waals surface area contributed by atoms with Crippen molar-refractivity contribution in [1.82, 2.24) is 0 Å². The van der Waals surface area contributed by atoms with Gasteiger partial charge in [0.1, 0.15) is 11.4 Å². The van der Waals surface area contributed by atoms with Gasteiger partial charge in [-0.3, -0.25) is 0 Å². The number of nitrogens with two attached hydrogens (primary N) is 1. The lowest BCUT2D eigenvalue weighted by Gasteiger charge is -2.11. The molecule has 0 saturated heterocycles. The van der Waals surface area contributed by atoms with E-state index in [1.807, 2.05) is 0 Å². The van der Waals surface area contributed by atoms with Gasteiger partial charge in [-0.05, 0) is 36.4 Å². The van der Waals surface area contributed by atoms with Crippen LogP contribution >= 0.6 is 0 Å². The maximum Gasteiger partial charge on any atom is 0.387 e. The SMILES string of the molecule is Nc1ccc(F)c(F)c1Nc1ccc(OC(F)F)cc1. The average Bonchev–Trinajstić information content (AvgIpc) is 2.40. The number of rotatable bonds is 4. The van der Waals surface area contributed by atoms with E-state index in [0.717, 1.165) is 6.07 Å². The molecule has 0 spiro atoms. The van der Waals surface area contributed by atoms with Crippen molar-refractivity contribution in [2.24, 2.45) is 0 Å². The van der Waals surface area contributed by atoms with Crippen LogP contribution in [0.3, 0.4) is 0 Å². The van der Waals surface area contributed by atoms with E-state index in [-0.39, 0.29) is 17.1 Å². The zero-order chi connectivity index (χ0) is 14.7. The summed E-state index contributed by atoms with van der Waals surface area (Å²) in [6.45, 7) is -2.93. The standard InChI is InChI=1S/C13H10F4N2O/c14-9-5-6-10(18)12(11(9)15)19-7-1-3-8(4-2-7)20-13(16)17/h1-6,13,19H,18H2. The highest BCUT2D eigenvalue weighted by Gasteiger charge is 2.12. The van der Waals surface area contributed by atoms with E-state index in [1.54, 1.807) is 0 Å². The van der Waals surface area contributed by atoms with Gasteiger partial charge in [-0.2, -0.15) is 8.78 Å². The maximum atomic E-state index is 13.6. The van der Waals surface area contributed by atoms with Gasteiger partial charge in [-0.1, -0.05) is 0 Å². The summed E-state index contributed by atoms with van der Waals surface area (Å²) in [6, 6.07) is 7.41. The van der Waals surface area contributed by atoms with Crippen molar-refractivity contribution >= 4 is 17.1 Å². The van der Waals surface area contributed by atoms with Crippen molar-refractivity contribution < 1.29 is 22.3 Å². The van der Waals surface area contributed by atoms with Crippen LogP contribution in [0.2, 0.25) is 0 Å². The Kier molecular flexibility index (Phi) is 3.97. The van der Waals surface area contributed by atoms with Crippen molar-refractivity contribution in [3.63, 3.8) is 0 Å². The normalized spacial score (nSPS) is 10.7. The molecule has 2 aromatic rings. The zero-order valence-electron chi connectivity index (χ0n) is 10.0. The Balaban J connectivity index is 2.20. The summed E-state index contributed by atoms with van der Waals surface area (Å²) in [6.07, 6.45) is 0. The molecule has 0 radical (unpaired) electrons. The number of halogens is 4. The molecule has 106 valence electrons. The summed E-state index contributed by atoms with van der Waals surface area (Å²) in [4.78, 5) is 0. The number of hydrogen-bond acceptors (Lipinski definition) is 3. The second-order valence-corrected chi connectivity index (χ2v) is 3.85. The van der Waals surface area contributed by atoms with Gasteiger partial charge in [0, 0.05) is 5.69 Å². The van der Waals surface area contributed by atoms with E-state index in [2.05, 4.69) is 10.1 Å². The molecule has 0 aliphatic rings. The minimum atomic E-state index is -2.93. The fraction of sp³-hybridized carbons (Fsp3) is 0.0769. The molecule has 0 aliphatic carbocycles. The van der Waals surface area contributed by atoms with Crippen LogP contribution in [0.5, 0.6) is 5.75 Å². The first-order valence-electron chi connectivity index (χ1n) is 5.52. The number of anilines is 3. The average molecular weight is 286 g/mol. The van der Waals surface area contributed by atoms with Crippen LogP contribution in [0.25, 0.3) is 0 Å². The molecule has 0 bridgehead atoms. The number of ether oxygens (including phenoxy) is 1. The molecular formula is C13H10F4N2O. The molecule has 0 fully saturated rings. The Hall–Kier alpha value is -2.44. The lowest BCUT2D eigenvalue weighted by atomic mass is 10.2. The molecule has 0 unspecified atom stereocenters. The fourth-order valence-electron chi connectivity index (χ4n) is 1.56. The monoisotopic (exact) mass is 286 g/mol. The van der Waals surface area contributed by atoms with Crippen LogP contribution in [0.4, 0.5) is 34.6 Å². The molecule has 0 atom stereocenters. The minimum Gasteiger partial charge on any atom is -0.435 e. The van der Waals surface area contributed by atoms with Crippen LogP contribution < -0.4 is 15.8 Å². The number of hydrogen-bond donors (Lipinski definition) is 2. The van der Waals surface area contributed by atoms with Gasteiger partial charge in [0.05, 0.1) is 5.69 Å². The predicted molar refractivity (Wildman–Crippen MR) is 67.1 cm³/mol. The summed E-state index contributed by atoms with van der Waals surface area (Å²) in [5.41, 5.74) is 5.70. The summed E-state index contributed by atoms with van der Waals surface area (Å²) in [5.74, 6) is -2.20. The summed E-state index contributed by atoms with van der Waals surface area (Å²) >= 11 is 0. The van der Waals surface area contributed by atoms with Gasteiger partial charge in [0.2, 0.25) is 0 Å². The van der Waals surface area contributed by atoms with Crippen LogP contribution in [0, 0.1) is 11.6 Å². The first-order valence-corrected chi connectivity index (χ1v) is 5.52. The topological polar surface area (TPSA) is 47.3 Å². The van der Waals surface area contributed by atoms with Gasteiger partial charge < -0.3 is 15.8 Å². The molecule has 0 aromatic heterocycles. The lowest BCUT2D eigenvalue weighted by Crippen LogP contribution is -2.03. The molecule has 0 saturated carbocycles. The predicted octanol–water partition coefficient (Wildman–Crippen LogP) is 3.89. The first kappa shape index (κ1) is 14.0. The van der Waals surface area contributed by atoms with Crippen molar-refractivity contribution in [1.29, 1.82) is 0 Å². The van der Waals surface area contributed by atoms with E-state index < -0.39 is 18.2 Å². The largest absolute Gasteiger partial charge is 0.435 e. The van der Waals surface area contributed by atoms with Crippen LogP contribution in [0.1, 0.15) is 0 Å². The van der Waals surface area contributed by atoms with E-state index in [1.165, 1.54) is 30.3 Å². The van der Waals surface area contributed by atoms with Crippen LogP contribution in [0.15, 0.2) is 36.4 Å². The number of benzene rings is 2. The van der Waals surface area contributed by atoms with Gasteiger partial charge >= 0.3 is 6.61 Å². The molecule has 0 heterocycles. The molecule has 3 nitrogen and oxygen atoms in total. The van der Waals surface area contributed by atoms with Crippen LogP contribution in [-0.4, -0.2) is 6.61 Å². The molecule has 2 rings (SSSR count). The van der Waals surface area contributed by atoms with Crippen molar-refractivity contribution in [3.05, 3.63) is 48.0 Å².